The Hall–Kier alpha value is -2.56. The average molecular weight is 383 g/mol. The number of hydrogen-bond acceptors (Lipinski definition) is 5. The Labute approximate surface area is 167 Å². The quantitative estimate of drug-likeness (QED) is 0.370. The number of aliphatic imine (C=N–C) groups is 1. The maximum atomic E-state index is 5.84. The van der Waals surface area contributed by atoms with Crippen molar-refractivity contribution in [2.75, 3.05) is 13.2 Å². The van der Waals surface area contributed by atoms with Crippen LogP contribution in [0.3, 0.4) is 0 Å². The van der Waals surface area contributed by atoms with Gasteiger partial charge < -0.3 is 14.0 Å². The fourth-order valence-electron chi connectivity index (χ4n) is 3.24. The van der Waals surface area contributed by atoms with Crippen LogP contribution in [0.15, 0.2) is 52.5 Å². The first-order valence-corrected chi connectivity index (χ1v) is 10.2. The number of rotatable bonds is 12. The lowest BCUT2D eigenvalue weighted by Gasteiger charge is -2.07. The Morgan fingerprint density at radius 1 is 1.14 bits per heavy atom. The zero-order valence-corrected chi connectivity index (χ0v) is 16.7. The van der Waals surface area contributed by atoms with Crippen LogP contribution in [-0.4, -0.2) is 30.3 Å². The van der Waals surface area contributed by atoms with Crippen LogP contribution in [0.5, 0.6) is 5.75 Å². The van der Waals surface area contributed by atoms with Gasteiger partial charge in [-0.05, 0) is 50.5 Å². The molecule has 28 heavy (non-hydrogen) atoms. The number of aromatic nitrogens is 1. The number of aryl methyl sites for hydroxylation is 2. The summed E-state index contributed by atoms with van der Waals surface area (Å²) in [6.07, 6.45) is 9.55. The minimum Gasteiger partial charge on any atom is -0.494 e. The van der Waals surface area contributed by atoms with Gasteiger partial charge in [0.1, 0.15) is 18.1 Å². The van der Waals surface area contributed by atoms with E-state index in [9.17, 15) is 0 Å². The molecule has 1 aliphatic rings. The van der Waals surface area contributed by atoms with Gasteiger partial charge in [0.15, 0.2) is 0 Å². The monoisotopic (exact) mass is 382 g/mol. The van der Waals surface area contributed by atoms with Crippen molar-refractivity contribution < 1.29 is 14.0 Å². The third-order valence-electron chi connectivity index (χ3n) is 4.77. The smallest absolute Gasteiger partial charge is 0.216 e. The van der Waals surface area contributed by atoms with Crippen molar-refractivity contribution in [3.63, 3.8) is 0 Å². The van der Waals surface area contributed by atoms with Crippen molar-refractivity contribution in [3.05, 3.63) is 60.0 Å². The van der Waals surface area contributed by atoms with E-state index < -0.39 is 0 Å². The second-order valence-electron chi connectivity index (χ2n) is 7.25. The molecule has 0 aliphatic carbocycles. The number of ether oxygens (including phenoxy) is 2. The molecule has 0 amide bonds. The summed E-state index contributed by atoms with van der Waals surface area (Å²) in [7, 11) is 0. The largest absolute Gasteiger partial charge is 0.494 e. The van der Waals surface area contributed by atoms with Gasteiger partial charge in [0.2, 0.25) is 5.90 Å². The molecule has 0 N–H and O–H groups in total. The van der Waals surface area contributed by atoms with Gasteiger partial charge in [-0.15, -0.1) is 6.58 Å². The zero-order valence-electron chi connectivity index (χ0n) is 16.7. The summed E-state index contributed by atoms with van der Waals surface area (Å²) in [6.45, 7) is 7.10. The van der Waals surface area contributed by atoms with Crippen molar-refractivity contribution in [2.24, 2.45) is 4.99 Å². The van der Waals surface area contributed by atoms with Crippen LogP contribution in [-0.2, 0) is 11.2 Å². The minimum absolute atomic E-state index is 0.197. The first-order valence-electron chi connectivity index (χ1n) is 10.2. The fourth-order valence-corrected chi connectivity index (χ4v) is 3.24. The first-order chi connectivity index (χ1) is 13.7. The molecule has 0 radical (unpaired) electrons. The predicted molar refractivity (Wildman–Crippen MR) is 111 cm³/mol. The van der Waals surface area contributed by atoms with Gasteiger partial charge in [0.05, 0.1) is 18.3 Å². The van der Waals surface area contributed by atoms with Crippen LogP contribution in [0.4, 0.5) is 0 Å². The van der Waals surface area contributed by atoms with E-state index in [2.05, 4.69) is 16.7 Å². The van der Waals surface area contributed by atoms with E-state index in [0.717, 1.165) is 61.0 Å². The van der Waals surface area contributed by atoms with Gasteiger partial charge in [-0.25, -0.2) is 4.99 Å². The van der Waals surface area contributed by atoms with Gasteiger partial charge in [-0.2, -0.15) is 0 Å². The normalized spacial score (nSPS) is 15.9. The summed E-state index contributed by atoms with van der Waals surface area (Å²) in [5.41, 5.74) is 1.96. The molecule has 1 unspecified atom stereocenters. The van der Waals surface area contributed by atoms with Crippen LogP contribution in [0, 0.1) is 6.92 Å². The molecule has 0 saturated carbocycles. The summed E-state index contributed by atoms with van der Waals surface area (Å²) in [4.78, 5) is 4.58. The molecule has 1 atom stereocenters. The summed E-state index contributed by atoms with van der Waals surface area (Å²) < 4.78 is 16.7. The SMILES string of the molecule is C=CCC1COC(c2ccc(OCCCCCCCc3cc(C)no3)cc2)=N1. The average Bonchev–Trinajstić information content (AvgIpc) is 3.34. The lowest BCUT2D eigenvalue weighted by Crippen LogP contribution is -2.04. The minimum atomic E-state index is 0.197. The van der Waals surface area contributed by atoms with Crippen LogP contribution in [0.1, 0.15) is 55.5 Å². The topological polar surface area (TPSA) is 56.9 Å². The molecule has 0 bridgehead atoms. The lowest BCUT2D eigenvalue weighted by molar-refractivity contribution is 0.304. The molecule has 1 aliphatic heterocycles. The zero-order chi connectivity index (χ0) is 19.6. The van der Waals surface area contributed by atoms with Gasteiger partial charge >= 0.3 is 0 Å². The predicted octanol–water partition coefficient (Wildman–Crippen LogP) is 5.28. The second-order valence-corrected chi connectivity index (χ2v) is 7.25. The lowest BCUT2D eigenvalue weighted by atomic mass is 10.1. The van der Waals surface area contributed by atoms with Crippen molar-refractivity contribution in [2.45, 2.75) is 57.9 Å². The highest BCUT2D eigenvalue weighted by atomic mass is 16.5. The van der Waals surface area contributed by atoms with Crippen LogP contribution in [0.2, 0.25) is 0 Å². The highest BCUT2D eigenvalue weighted by molar-refractivity contribution is 5.95. The van der Waals surface area contributed by atoms with E-state index in [4.69, 9.17) is 14.0 Å². The summed E-state index contributed by atoms with van der Waals surface area (Å²) in [5.74, 6) is 2.61. The maximum Gasteiger partial charge on any atom is 0.216 e. The Morgan fingerprint density at radius 3 is 2.68 bits per heavy atom. The van der Waals surface area contributed by atoms with Gasteiger partial charge in [-0.1, -0.05) is 30.5 Å². The van der Waals surface area contributed by atoms with Crippen molar-refractivity contribution in [1.82, 2.24) is 5.16 Å². The van der Waals surface area contributed by atoms with Crippen molar-refractivity contribution in [1.29, 1.82) is 0 Å². The van der Waals surface area contributed by atoms with Gasteiger partial charge in [0, 0.05) is 18.1 Å². The molecule has 0 spiro atoms. The Bertz CT molecular complexity index is 764. The van der Waals surface area contributed by atoms with Crippen LogP contribution in [0.25, 0.3) is 0 Å². The van der Waals surface area contributed by atoms with E-state index in [1.807, 2.05) is 43.3 Å². The van der Waals surface area contributed by atoms with E-state index in [-0.39, 0.29) is 6.04 Å². The van der Waals surface area contributed by atoms with E-state index in [1.165, 1.54) is 19.3 Å². The van der Waals surface area contributed by atoms with E-state index in [1.54, 1.807) is 0 Å². The van der Waals surface area contributed by atoms with Crippen molar-refractivity contribution in [3.8, 4) is 5.75 Å². The number of hydrogen-bond donors (Lipinski definition) is 0. The summed E-state index contributed by atoms with van der Waals surface area (Å²) in [5, 5.41) is 3.91. The first kappa shape index (κ1) is 20.2. The molecule has 2 aromatic rings. The molecule has 1 aromatic heterocycles. The van der Waals surface area contributed by atoms with Crippen LogP contribution < -0.4 is 4.74 Å². The number of unbranched alkanes of at least 4 members (excludes halogenated alkanes) is 4. The van der Waals surface area contributed by atoms with Gasteiger partial charge in [0.25, 0.3) is 0 Å². The summed E-state index contributed by atoms with van der Waals surface area (Å²) >= 11 is 0. The Balaban J connectivity index is 1.27. The molecule has 5 nitrogen and oxygen atoms in total. The Kier molecular flexibility index (Phi) is 7.71. The van der Waals surface area contributed by atoms with E-state index >= 15 is 0 Å². The third-order valence-corrected chi connectivity index (χ3v) is 4.77. The highest BCUT2D eigenvalue weighted by Crippen LogP contribution is 2.18. The second kappa shape index (κ2) is 10.7. The van der Waals surface area contributed by atoms with Crippen molar-refractivity contribution >= 4 is 5.90 Å². The molecule has 0 saturated heterocycles. The Morgan fingerprint density at radius 2 is 1.93 bits per heavy atom. The molecular formula is C23H30N2O3. The molecular weight excluding hydrogens is 352 g/mol. The standard InChI is InChI=1S/C23H30N2O3/c1-3-9-20-17-27-23(24-20)19-11-13-21(14-12-19)26-15-8-6-4-5-7-10-22-16-18(2)25-28-22/h3,11-14,16,20H,1,4-10,15,17H2,2H3. The molecule has 2 heterocycles. The molecule has 5 heteroatoms. The molecule has 150 valence electrons. The fraction of sp³-hybridized carbons (Fsp3) is 0.478. The summed E-state index contributed by atoms with van der Waals surface area (Å²) in [6, 6.07) is 10.2. The molecule has 1 aromatic carbocycles. The number of nitrogens with zero attached hydrogens (tertiary/aromatic N) is 2. The third kappa shape index (κ3) is 6.25. The molecule has 3 rings (SSSR count). The van der Waals surface area contributed by atoms with E-state index in [0.29, 0.717) is 6.61 Å². The van der Waals surface area contributed by atoms with Crippen LogP contribution >= 0.6 is 0 Å². The maximum absolute atomic E-state index is 5.84. The number of benzene rings is 1. The highest BCUT2D eigenvalue weighted by Gasteiger charge is 2.18. The van der Waals surface area contributed by atoms with Gasteiger partial charge in [-0.3, -0.25) is 0 Å². The molecule has 0 fully saturated rings.